The van der Waals surface area contributed by atoms with Crippen LogP contribution in [-0.2, 0) is 14.8 Å². The summed E-state index contributed by atoms with van der Waals surface area (Å²) in [5, 5.41) is 0.528. The second-order valence-electron chi connectivity index (χ2n) is 4.81. The number of esters is 1. The Labute approximate surface area is 141 Å². The van der Waals surface area contributed by atoms with E-state index in [1.54, 1.807) is 36.4 Å². The van der Waals surface area contributed by atoms with Gasteiger partial charge in [-0.25, -0.2) is 17.2 Å². The standard InChI is InChI=1S/C16H12BrNO4S/c1-22-16(19)14-10-18(15-5-3-2-4-13(14)15)23(20,21)12-8-6-11(17)7-9-12/h2-10H,1H3. The van der Waals surface area contributed by atoms with Crippen LogP contribution < -0.4 is 0 Å². The van der Waals surface area contributed by atoms with Crippen LogP contribution in [0.1, 0.15) is 10.4 Å². The van der Waals surface area contributed by atoms with Gasteiger partial charge in [-0.05, 0) is 30.3 Å². The fourth-order valence-electron chi connectivity index (χ4n) is 2.34. The fraction of sp³-hybridized carbons (Fsp3) is 0.0625. The maximum atomic E-state index is 12.9. The number of ether oxygens (including phenoxy) is 1. The minimum absolute atomic E-state index is 0.137. The van der Waals surface area contributed by atoms with Gasteiger partial charge in [0, 0.05) is 16.1 Å². The molecule has 0 bridgehead atoms. The first-order chi connectivity index (χ1) is 10.9. The summed E-state index contributed by atoms with van der Waals surface area (Å²) in [5.41, 5.74) is 0.639. The van der Waals surface area contributed by atoms with Gasteiger partial charge in [0.2, 0.25) is 0 Å². The van der Waals surface area contributed by atoms with Crippen LogP contribution in [0.4, 0.5) is 0 Å². The molecule has 0 amide bonds. The molecule has 7 heteroatoms. The smallest absolute Gasteiger partial charge is 0.340 e. The molecule has 0 unspecified atom stereocenters. The van der Waals surface area contributed by atoms with Crippen molar-refractivity contribution in [2.45, 2.75) is 4.90 Å². The fourth-order valence-corrected chi connectivity index (χ4v) is 3.98. The van der Waals surface area contributed by atoms with Crippen LogP contribution in [0.2, 0.25) is 0 Å². The van der Waals surface area contributed by atoms with Crippen molar-refractivity contribution in [1.82, 2.24) is 3.97 Å². The predicted molar refractivity (Wildman–Crippen MR) is 90.0 cm³/mol. The van der Waals surface area contributed by atoms with Gasteiger partial charge in [0.15, 0.2) is 0 Å². The molecule has 1 aromatic heterocycles. The molecule has 3 rings (SSSR count). The lowest BCUT2D eigenvalue weighted by Crippen LogP contribution is -2.12. The molecule has 0 aliphatic heterocycles. The Morgan fingerprint density at radius 3 is 2.39 bits per heavy atom. The molecule has 2 aromatic carbocycles. The van der Waals surface area contributed by atoms with Gasteiger partial charge >= 0.3 is 5.97 Å². The lowest BCUT2D eigenvalue weighted by Gasteiger charge is -2.07. The van der Waals surface area contributed by atoms with Crippen molar-refractivity contribution in [2.75, 3.05) is 7.11 Å². The predicted octanol–water partition coefficient (Wildman–Crippen LogP) is 3.43. The van der Waals surface area contributed by atoms with Crippen molar-refractivity contribution in [1.29, 1.82) is 0 Å². The molecule has 3 aromatic rings. The molecule has 1 heterocycles. The van der Waals surface area contributed by atoms with E-state index in [-0.39, 0.29) is 10.5 Å². The number of rotatable bonds is 3. The third-order valence-electron chi connectivity index (χ3n) is 3.45. The highest BCUT2D eigenvalue weighted by Gasteiger charge is 2.23. The van der Waals surface area contributed by atoms with Crippen LogP contribution in [0.15, 0.2) is 64.1 Å². The van der Waals surface area contributed by atoms with Gasteiger partial charge in [0.1, 0.15) is 0 Å². The Balaban J connectivity index is 2.27. The van der Waals surface area contributed by atoms with E-state index < -0.39 is 16.0 Å². The van der Waals surface area contributed by atoms with E-state index in [4.69, 9.17) is 4.74 Å². The molecule has 0 aliphatic rings. The summed E-state index contributed by atoms with van der Waals surface area (Å²) in [6.45, 7) is 0. The van der Waals surface area contributed by atoms with E-state index in [0.29, 0.717) is 10.9 Å². The molecule has 0 N–H and O–H groups in total. The molecule has 0 saturated heterocycles. The third-order valence-corrected chi connectivity index (χ3v) is 5.67. The third kappa shape index (κ3) is 2.66. The lowest BCUT2D eigenvalue weighted by atomic mass is 10.2. The number of hydrogen-bond donors (Lipinski definition) is 0. The molecule has 0 spiro atoms. The van der Waals surface area contributed by atoms with Crippen molar-refractivity contribution < 1.29 is 17.9 Å². The second-order valence-corrected chi connectivity index (χ2v) is 7.54. The highest BCUT2D eigenvalue weighted by atomic mass is 79.9. The van der Waals surface area contributed by atoms with Crippen LogP contribution in [0.25, 0.3) is 10.9 Å². The molecular weight excluding hydrogens is 382 g/mol. The SMILES string of the molecule is COC(=O)c1cn(S(=O)(=O)c2ccc(Br)cc2)c2ccccc12. The quantitative estimate of drug-likeness (QED) is 0.639. The van der Waals surface area contributed by atoms with Gasteiger partial charge in [-0.15, -0.1) is 0 Å². The number of aromatic nitrogens is 1. The summed E-state index contributed by atoms with van der Waals surface area (Å²) < 4.78 is 32.4. The van der Waals surface area contributed by atoms with Gasteiger partial charge in [0.25, 0.3) is 10.0 Å². The molecule has 0 saturated carbocycles. The largest absolute Gasteiger partial charge is 0.465 e. The minimum Gasteiger partial charge on any atom is -0.465 e. The number of fused-ring (bicyclic) bond motifs is 1. The van der Waals surface area contributed by atoms with Gasteiger partial charge < -0.3 is 4.74 Å². The first kappa shape index (κ1) is 15.8. The summed E-state index contributed by atoms with van der Waals surface area (Å²) in [7, 11) is -2.55. The van der Waals surface area contributed by atoms with E-state index >= 15 is 0 Å². The van der Waals surface area contributed by atoms with Gasteiger partial charge in [-0.2, -0.15) is 0 Å². The number of hydrogen-bond acceptors (Lipinski definition) is 4. The van der Waals surface area contributed by atoms with Gasteiger partial charge in [-0.1, -0.05) is 34.1 Å². The Hall–Kier alpha value is -2.12. The molecule has 0 fully saturated rings. The Morgan fingerprint density at radius 2 is 1.74 bits per heavy atom. The number of halogens is 1. The second kappa shape index (κ2) is 5.82. The Morgan fingerprint density at radius 1 is 1.09 bits per heavy atom. The van der Waals surface area contributed by atoms with Crippen LogP contribution in [0.5, 0.6) is 0 Å². The Kier molecular flexibility index (Phi) is 3.99. The highest BCUT2D eigenvalue weighted by Crippen LogP contribution is 2.27. The summed E-state index contributed by atoms with van der Waals surface area (Å²) in [4.78, 5) is 12.0. The van der Waals surface area contributed by atoms with E-state index in [0.717, 1.165) is 8.45 Å². The maximum absolute atomic E-state index is 12.9. The van der Waals surface area contributed by atoms with Crippen LogP contribution in [0, 0.1) is 0 Å². The number of carbonyl (C=O) groups excluding carboxylic acids is 1. The number of nitrogens with zero attached hydrogens (tertiary/aromatic N) is 1. The average Bonchev–Trinajstić information content (AvgIpc) is 2.95. The topological polar surface area (TPSA) is 65.4 Å². The molecule has 23 heavy (non-hydrogen) atoms. The van der Waals surface area contributed by atoms with E-state index in [9.17, 15) is 13.2 Å². The highest BCUT2D eigenvalue weighted by molar-refractivity contribution is 9.10. The van der Waals surface area contributed by atoms with Crippen molar-refractivity contribution >= 4 is 42.8 Å². The molecular formula is C16H12BrNO4S. The first-order valence-corrected chi connectivity index (χ1v) is 8.88. The number of carbonyl (C=O) groups is 1. The monoisotopic (exact) mass is 393 g/mol. The van der Waals surface area contributed by atoms with Gasteiger partial charge in [0.05, 0.1) is 23.1 Å². The molecule has 0 aliphatic carbocycles. The maximum Gasteiger partial charge on any atom is 0.340 e. The molecule has 118 valence electrons. The van der Waals surface area contributed by atoms with E-state index in [1.165, 1.54) is 25.4 Å². The van der Waals surface area contributed by atoms with Crippen molar-refractivity contribution in [3.05, 3.63) is 64.8 Å². The van der Waals surface area contributed by atoms with Gasteiger partial charge in [-0.3, -0.25) is 0 Å². The zero-order valence-corrected chi connectivity index (χ0v) is 14.5. The molecule has 5 nitrogen and oxygen atoms in total. The average molecular weight is 394 g/mol. The molecule has 0 atom stereocenters. The normalized spacial score (nSPS) is 11.6. The zero-order valence-electron chi connectivity index (χ0n) is 12.1. The number of methoxy groups -OCH3 is 1. The number of para-hydroxylation sites is 1. The summed E-state index contributed by atoms with van der Waals surface area (Å²) in [6.07, 6.45) is 1.30. The van der Waals surface area contributed by atoms with Crippen LogP contribution >= 0.6 is 15.9 Å². The van der Waals surface area contributed by atoms with Crippen molar-refractivity contribution in [3.63, 3.8) is 0 Å². The van der Waals surface area contributed by atoms with E-state index in [2.05, 4.69) is 15.9 Å². The molecule has 0 radical (unpaired) electrons. The minimum atomic E-state index is -3.82. The van der Waals surface area contributed by atoms with E-state index in [1.807, 2.05) is 0 Å². The summed E-state index contributed by atoms with van der Waals surface area (Å²) >= 11 is 3.28. The van der Waals surface area contributed by atoms with Crippen molar-refractivity contribution in [2.24, 2.45) is 0 Å². The van der Waals surface area contributed by atoms with Crippen LogP contribution in [-0.4, -0.2) is 25.5 Å². The number of benzene rings is 2. The summed E-state index contributed by atoms with van der Waals surface area (Å²) in [5.74, 6) is -0.578. The summed E-state index contributed by atoms with van der Waals surface area (Å²) in [6, 6.07) is 13.1. The lowest BCUT2D eigenvalue weighted by molar-refractivity contribution is 0.0603. The van der Waals surface area contributed by atoms with Crippen molar-refractivity contribution in [3.8, 4) is 0 Å². The van der Waals surface area contributed by atoms with Crippen LogP contribution in [0.3, 0.4) is 0 Å². The Bertz CT molecular complexity index is 991. The first-order valence-electron chi connectivity index (χ1n) is 6.64. The zero-order chi connectivity index (χ0) is 16.6.